The van der Waals surface area contributed by atoms with Gasteiger partial charge in [0, 0.05) is 56.9 Å². The molecule has 0 spiro atoms. The normalized spacial score (nSPS) is 19.3. The molecule has 1 aromatic heterocycles. The molecule has 8 heteroatoms. The van der Waals surface area contributed by atoms with Crippen molar-refractivity contribution in [3.05, 3.63) is 52.2 Å². The van der Waals surface area contributed by atoms with Crippen LogP contribution in [0.5, 0.6) is 0 Å². The van der Waals surface area contributed by atoms with Crippen molar-refractivity contribution in [2.45, 2.75) is 12.6 Å². The second kappa shape index (κ2) is 11.5. The Morgan fingerprint density at radius 3 is 2.45 bits per heavy atom. The van der Waals surface area contributed by atoms with E-state index in [1.54, 1.807) is 0 Å². The molecule has 0 radical (unpaired) electrons. The summed E-state index contributed by atoms with van der Waals surface area (Å²) in [5.41, 5.74) is 2.55. The molecular formula is C23H33N5O2S. The quantitative estimate of drug-likeness (QED) is 0.506. The predicted octanol–water partition coefficient (Wildman–Crippen LogP) is 2.32. The fourth-order valence-electron chi connectivity index (χ4n) is 4.15. The Morgan fingerprint density at radius 1 is 1.00 bits per heavy atom. The molecule has 1 unspecified atom stereocenters. The van der Waals surface area contributed by atoms with Crippen molar-refractivity contribution < 1.29 is 9.47 Å². The molecule has 2 aliphatic heterocycles. The Hall–Kier alpha value is -2.13. The molecular weight excluding hydrogens is 410 g/mol. The van der Waals surface area contributed by atoms with Crippen LogP contribution in [-0.2, 0) is 16.0 Å². The highest BCUT2D eigenvalue weighted by Crippen LogP contribution is 2.25. The summed E-state index contributed by atoms with van der Waals surface area (Å²) in [6, 6.07) is 13.3. The van der Waals surface area contributed by atoms with Crippen LogP contribution < -0.4 is 15.5 Å². The Morgan fingerprint density at radius 2 is 1.74 bits per heavy atom. The van der Waals surface area contributed by atoms with Crippen LogP contribution in [-0.4, -0.2) is 77.1 Å². The molecule has 3 heterocycles. The number of para-hydroxylation sites is 1. The van der Waals surface area contributed by atoms with Crippen LogP contribution >= 0.6 is 11.3 Å². The van der Waals surface area contributed by atoms with Gasteiger partial charge in [0.15, 0.2) is 5.96 Å². The van der Waals surface area contributed by atoms with Crippen molar-refractivity contribution in [3.8, 4) is 0 Å². The molecule has 2 N–H and O–H groups in total. The number of thiophene rings is 1. The highest BCUT2D eigenvalue weighted by atomic mass is 32.1. The van der Waals surface area contributed by atoms with Crippen LogP contribution in [0.2, 0.25) is 0 Å². The van der Waals surface area contributed by atoms with Crippen LogP contribution in [0.25, 0.3) is 0 Å². The molecule has 0 aliphatic carbocycles. The molecule has 0 bridgehead atoms. The highest BCUT2D eigenvalue weighted by molar-refractivity contribution is 7.10. The largest absolute Gasteiger partial charge is 0.379 e. The Bertz CT molecular complexity index is 817. The van der Waals surface area contributed by atoms with Gasteiger partial charge >= 0.3 is 0 Å². The standard InChI is InChI=1S/C23H33N5O2S/c1-24-23(25-17-19-5-2-3-6-20(19)27-8-12-29-13-9-27)26-18-21(22-7-4-16-31-22)28-10-14-30-15-11-28/h2-7,16,21H,8-15,17-18H2,1H3,(H2,24,25,26). The Kier molecular flexibility index (Phi) is 8.17. The molecule has 2 fully saturated rings. The summed E-state index contributed by atoms with van der Waals surface area (Å²) in [4.78, 5) is 10.8. The van der Waals surface area contributed by atoms with Crippen LogP contribution in [0.15, 0.2) is 46.8 Å². The zero-order valence-electron chi connectivity index (χ0n) is 18.3. The van der Waals surface area contributed by atoms with Crippen molar-refractivity contribution in [2.24, 2.45) is 4.99 Å². The number of ether oxygens (including phenoxy) is 2. The molecule has 31 heavy (non-hydrogen) atoms. The molecule has 1 aromatic carbocycles. The summed E-state index contributed by atoms with van der Waals surface area (Å²) in [5.74, 6) is 0.826. The molecule has 2 aliphatic rings. The summed E-state index contributed by atoms with van der Waals surface area (Å²) in [7, 11) is 1.83. The maximum Gasteiger partial charge on any atom is 0.191 e. The lowest BCUT2D eigenvalue weighted by atomic mass is 10.1. The van der Waals surface area contributed by atoms with Crippen LogP contribution in [0, 0.1) is 0 Å². The molecule has 0 saturated carbocycles. The van der Waals surface area contributed by atoms with E-state index in [0.29, 0.717) is 6.04 Å². The van der Waals surface area contributed by atoms with Crippen molar-refractivity contribution in [1.82, 2.24) is 15.5 Å². The predicted molar refractivity (Wildman–Crippen MR) is 127 cm³/mol. The van der Waals surface area contributed by atoms with E-state index in [2.05, 4.69) is 67.2 Å². The average molecular weight is 444 g/mol. The molecule has 2 saturated heterocycles. The van der Waals surface area contributed by atoms with E-state index in [0.717, 1.165) is 71.7 Å². The first-order valence-electron chi connectivity index (χ1n) is 11.1. The minimum absolute atomic E-state index is 0.322. The first kappa shape index (κ1) is 22.1. The topological polar surface area (TPSA) is 61.4 Å². The number of rotatable bonds is 7. The molecule has 4 rings (SSSR count). The SMILES string of the molecule is CN=C(NCc1ccccc1N1CCOCC1)NCC(c1cccs1)N1CCOCC1. The van der Waals surface area contributed by atoms with Crippen molar-refractivity contribution in [2.75, 3.05) is 71.1 Å². The number of anilines is 1. The van der Waals surface area contributed by atoms with Gasteiger partial charge in [-0.1, -0.05) is 24.3 Å². The molecule has 168 valence electrons. The Balaban J connectivity index is 1.36. The summed E-state index contributed by atoms with van der Waals surface area (Å²) < 4.78 is 11.1. The lowest BCUT2D eigenvalue weighted by Crippen LogP contribution is -2.46. The second-order valence-corrected chi connectivity index (χ2v) is 8.69. The van der Waals surface area contributed by atoms with Gasteiger partial charge in [0.05, 0.1) is 32.5 Å². The van der Waals surface area contributed by atoms with Crippen LogP contribution in [0.4, 0.5) is 5.69 Å². The number of guanidine groups is 1. The molecule has 0 amide bonds. The van der Waals surface area contributed by atoms with E-state index in [4.69, 9.17) is 9.47 Å². The lowest BCUT2D eigenvalue weighted by molar-refractivity contribution is 0.0177. The van der Waals surface area contributed by atoms with Gasteiger partial charge in [0.2, 0.25) is 0 Å². The van der Waals surface area contributed by atoms with Gasteiger partial charge in [0.1, 0.15) is 0 Å². The number of nitrogens with zero attached hydrogens (tertiary/aromatic N) is 3. The van der Waals surface area contributed by atoms with E-state index in [1.165, 1.54) is 16.1 Å². The number of aliphatic imine (C=N–C) groups is 1. The van der Waals surface area contributed by atoms with Gasteiger partial charge in [-0.3, -0.25) is 9.89 Å². The monoisotopic (exact) mass is 443 g/mol. The van der Waals surface area contributed by atoms with Gasteiger partial charge in [-0.25, -0.2) is 0 Å². The van der Waals surface area contributed by atoms with Gasteiger partial charge < -0.3 is 25.0 Å². The van der Waals surface area contributed by atoms with E-state index in [1.807, 2.05) is 18.4 Å². The molecule has 1 atom stereocenters. The highest BCUT2D eigenvalue weighted by Gasteiger charge is 2.23. The number of morpholine rings is 2. The fourth-order valence-corrected chi connectivity index (χ4v) is 5.01. The number of hydrogen-bond donors (Lipinski definition) is 2. The summed E-state index contributed by atoms with van der Waals surface area (Å²) in [6.45, 7) is 8.51. The van der Waals surface area contributed by atoms with Gasteiger partial charge in [0.25, 0.3) is 0 Å². The maximum atomic E-state index is 5.56. The van der Waals surface area contributed by atoms with E-state index in [-0.39, 0.29) is 0 Å². The summed E-state index contributed by atoms with van der Waals surface area (Å²) >= 11 is 1.81. The smallest absolute Gasteiger partial charge is 0.191 e. The number of benzene rings is 1. The van der Waals surface area contributed by atoms with Gasteiger partial charge in [-0.15, -0.1) is 11.3 Å². The third-order valence-electron chi connectivity index (χ3n) is 5.83. The third kappa shape index (κ3) is 5.98. The zero-order chi connectivity index (χ0) is 21.3. The fraction of sp³-hybridized carbons (Fsp3) is 0.522. The van der Waals surface area contributed by atoms with Gasteiger partial charge in [-0.05, 0) is 23.1 Å². The maximum absolute atomic E-state index is 5.56. The van der Waals surface area contributed by atoms with Crippen LogP contribution in [0.3, 0.4) is 0 Å². The van der Waals surface area contributed by atoms with E-state index >= 15 is 0 Å². The Labute approximate surface area is 189 Å². The zero-order valence-corrected chi connectivity index (χ0v) is 19.1. The number of hydrogen-bond acceptors (Lipinski definition) is 6. The minimum atomic E-state index is 0.322. The second-order valence-electron chi connectivity index (χ2n) is 7.71. The third-order valence-corrected chi connectivity index (χ3v) is 6.81. The molecule has 2 aromatic rings. The number of nitrogens with one attached hydrogen (secondary N) is 2. The lowest BCUT2D eigenvalue weighted by Gasteiger charge is -2.34. The average Bonchev–Trinajstić information content (AvgIpc) is 3.37. The van der Waals surface area contributed by atoms with Gasteiger partial charge in [-0.2, -0.15) is 0 Å². The van der Waals surface area contributed by atoms with E-state index < -0.39 is 0 Å². The first-order valence-corrected chi connectivity index (χ1v) is 11.9. The van der Waals surface area contributed by atoms with Crippen molar-refractivity contribution in [1.29, 1.82) is 0 Å². The van der Waals surface area contributed by atoms with Crippen molar-refractivity contribution >= 4 is 23.0 Å². The van der Waals surface area contributed by atoms with E-state index in [9.17, 15) is 0 Å². The first-order chi connectivity index (χ1) is 15.3. The molecule has 7 nitrogen and oxygen atoms in total. The van der Waals surface area contributed by atoms with Crippen LogP contribution in [0.1, 0.15) is 16.5 Å². The minimum Gasteiger partial charge on any atom is -0.379 e. The summed E-state index contributed by atoms with van der Waals surface area (Å²) in [6.07, 6.45) is 0. The van der Waals surface area contributed by atoms with Crippen molar-refractivity contribution in [3.63, 3.8) is 0 Å². The summed E-state index contributed by atoms with van der Waals surface area (Å²) in [5, 5.41) is 9.21.